The molecule has 0 unspecified atom stereocenters. The smallest absolute Gasteiger partial charge is 0.261 e. The highest BCUT2D eigenvalue weighted by Gasteiger charge is 2.38. The highest BCUT2D eigenvalue weighted by atomic mass is 32.1. The van der Waals surface area contributed by atoms with Crippen LogP contribution in [0.3, 0.4) is 0 Å². The first kappa shape index (κ1) is 45.3. The van der Waals surface area contributed by atoms with Crippen LogP contribution in [0.4, 0.5) is 22.7 Å². The van der Waals surface area contributed by atoms with Crippen LogP contribution in [0, 0.1) is 6.92 Å². The second-order valence-electron chi connectivity index (χ2n) is 18.4. The Kier molecular flexibility index (Phi) is 13.4. The molecule has 0 N–H and O–H groups in total. The van der Waals surface area contributed by atoms with Crippen molar-refractivity contribution in [2.75, 3.05) is 61.3 Å². The van der Waals surface area contributed by atoms with E-state index < -0.39 is 0 Å². The number of amides is 2. The molecule has 9 rings (SSSR count). The molecule has 2 atom stereocenters. The topological polar surface area (TPSA) is 102 Å². The van der Waals surface area contributed by atoms with E-state index in [-0.39, 0.29) is 35.3 Å². The Balaban J connectivity index is 0.982. The van der Waals surface area contributed by atoms with Gasteiger partial charge in [-0.25, -0.2) is 0 Å². The number of fused-ring (bicyclic) bond motifs is 8. The van der Waals surface area contributed by atoms with Crippen molar-refractivity contribution in [2.24, 2.45) is 4.99 Å². The lowest BCUT2D eigenvalue weighted by molar-refractivity contribution is 0.0505. The molecule has 0 bridgehead atoms. The molecule has 12 heteroatoms. The first-order chi connectivity index (χ1) is 32.0. The van der Waals surface area contributed by atoms with Crippen molar-refractivity contribution in [3.63, 3.8) is 0 Å². The van der Waals surface area contributed by atoms with E-state index in [0.717, 1.165) is 88.5 Å². The lowest BCUT2D eigenvalue weighted by atomic mass is 9.98. The monoisotopic (exact) mass is 908 g/mol. The summed E-state index contributed by atoms with van der Waals surface area (Å²) in [6.45, 7) is 12.4. The average molecular weight is 909 g/mol. The van der Waals surface area contributed by atoms with E-state index in [1.807, 2.05) is 53.3 Å². The summed E-state index contributed by atoms with van der Waals surface area (Å²) in [5, 5.41) is 0. The molecular weight excluding hydrogens is 849 g/mol. The number of aliphatic imine (C=N–C) groups is 1. The SMILES string of the molecule is CCCOCCOCCN(CC(C)(C)S)c1cc(COc2cc3c(cc2C)C(=O)N2c4ccccc4C[C@H]2CC3)cc(COc2cc3c(cc2OC)C(=O)N2c4ccccc4C[C@H]2C=N3)c1. The van der Waals surface area contributed by atoms with Gasteiger partial charge in [-0.15, -0.1) is 0 Å². The normalized spacial score (nSPS) is 17.0. The fraction of sp³-hybridized carbons (Fsp3) is 0.389. The molecule has 5 aromatic rings. The number of carbonyl (C=O) groups excluding carboxylic acids is 2. The Morgan fingerprint density at radius 3 is 2.12 bits per heavy atom. The summed E-state index contributed by atoms with van der Waals surface area (Å²) in [7, 11) is 1.58. The number of anilines is 3. The van der Waals surface area contributed by atoms with Crippen LogP contribution in [0.25, 0.3) is 0 Å². The number of aryl methyl sites for hydroxylation is 2. The van der Waals surface area contributed by atoms with E-state index in [9.17, 15) is 9.59 Å². The molecule has 66 heavy (non-hydrogen) atoms. The molecule has 0 saturated heterocycles. The molecule has 4 aliphatic rings. The minimum atomic E-state index is -0.314. The molecule has 0 aliphatic carbocycles. The zero-order chi connectivity index (χ0) is 46.0. The number of rotatable bonds is 18. The number of carbonyl (C=O) groups is 2. The quantitative estimate of drug-likeness (QED) is 0.0686. The van der Waals surface area contributed by atoms with Gasteiger partial charge in [0.2, 0.25) is 0 Å². The minimum Gasteiger partial charge on any atom is -0.493 e. The second-order valence-corrected chi connectivity index (χ2v) is 19.6. The Hall–Kier alpha value is -5.82. The first-order valence-electron chi connectivity index (χ1n) is 23.2. The zero-order valence-electron chi connectivity index (χ0n) is 38.7. The van der Waals surface area contributed by atoms with E-state index in [4.69, 9.17) is 41.3 Å². The molecule has 11 nitrogen and oxygen atoms in total. The summed E-state index contributed by atoms with van der Waals surface area (Å²) in [6.07, 6.45) is 6.11. The van der Waals surface area contributed by atoms with Crippen LogP contribution in [0.15, 0.2) is 96.0 Å². The van der Waals surface area contributed by atoms with Crippen LogP contribution in [-0.2, 0) is 41.9 Å². The molecule has 0 fully saturated rings. The van der Waals surface area contributed by atoms with Gasteiger partial charge >= 0.3 is 0 Å². The highest BCUT2D eigenvalue weighted by Crippen LogP contribution is 2.42. The van der Waals surface area contributed by atoms with Gasteiger partial charge in [-0.3, -0.25) is 19.5 Å². The Morgan fingerprint density at radius 1 is 0.742 bits per heavy atom. The number of hydrogen-bond donors (Lipinski definition) is 1. The zero-order valence-corrected chi connectivity index (χ0v) is 39.6. The molecular formula is C54H60N4O7S. The summed E-state index contributed by atoms with van der Waals surface area (Å²) in [4.78, 5) is 39.2. The third-order valence-electron chi connectivity index (χ3n) is 12.8. The highest BCUT2D eigenvalue weighted by molar-refractivity contribution is 7.81. The van der Waals surface area contributed by atoms with E-state index in [2.05, 4.69) is 74.2 Å². The summed E-state index contributed by atoms with van der Waals surface area (Å²) < 4.78 is 30.5. The number of para-hydroxylation sites is 2. The summed E-state index contributed by atoms with van der Waals surface area (Å²) in [5.74, 6) is 1.63. The number of ether oxygens (including phenoxy) is 5. The number of methoxy groups -OCH3 is 1. The lowest BCUT2D eigenvalue weighted by Gasteiger charge is -2.32. The molecule has 5 aromatic carbocycles. The van der Waals surface area contributed by atoms with Crippen LogP contribution in [-0.4, -0.2) is 81.5 Å². The summed E-state index contributed by atoms with van der Waals surface area (Å²) >= 11 is 4.96. The molecule has 0 radical (unpaired) electrons. The number of hydrogen-bond acceptors (Lipinski definition) is 10. The van der Waals surface area contributed by atoms with Gasteiger partial charge in [-0.2, -0.15) is 12.6 Å². The average Bonchev–Trinajstić information content (AvgIpc) is 3.80. The maximum Gasteiger partial charge on any atom is 0.261 e. The molecule has 0 spiro atoms. The standard InChI is InChI=1S/C54H60N4O7S/c1-6-18-62-20-21-63-19-17-56(34-54(3,4)66)42-24-36(32-64-49-28-38-15-16-41-26-39-11-7-9-13-47(39)57(41)52(59)44(38)22-35(49)2)23-37(25-42)33-65-51-30-46-45(29-50(51)61-5)53(60)58-43(31-55-46)27-40-12-8-10-14-48(40)58/h7-14,22-25,28-31,41,43,66H,6,15-21,26-27,32-34H2,1-5H3/t41-,43+/m1/s1. The van der Waals surface area contributed by atoms with Crippen molar-refractivity contribution in [1.29, 1.82) is 0 Å². The van der Waals surface area contributed by atoms with E-state index in [1.165, 1.54) is 5.56 Å². The lowest BCUT2D eigenvalue weighted by Crippen LogP contribution is -2.37. The molecule has 0 aromatic heterocycles. The van der Waals surface area contributed by atoms with E-state index in [1.54, 1.807) is 19.2 Å². The number of benzene rings is 5. The molecule has 4 heterocycles. The predicted molar refractivity (Wildman–Crippen MR) is 264 cm³/mol. The van der Waals surface area contributed by atoms with Gasteiger partial charge in [-0.1, -0.05) is 43.3 Å². The third-order valence-corrected chi connectivity index (χ3v) is 12.9. The number of nitrogens with zero attached hydrogens (tertiary/aromatic N) is 4. The Morgan fingerprint density at radius 2 is 1.41 bits per heavy atom. The fourth-order valence-electron chi connectivity index (χ4n) is 9.72. The fourth-order valence-corrected chi connectivity index (χ4v) is 9.89. The first-order valence-corrected chi connectivity index (χ1v) is 23.7. The van der Waals surface area contributed by atoms with Gasteiger partial charge in [-0.05, 0) is 128 Å². The van der Waals surface area contributed by atoms with Crippen LogP contribution in [0.2, 0.25) is 0 Å². The molecule has 2 amide bonds. The largest absolute Gasteiger partial charge is 0.493 e. The predicted octanol–water partition coefficient (Wildman–Crippen LogP) is 9.92. The van der Waals surface area contributed by atoms with Crippen molar-refractivity contribution in [1.82, 2.24) is 0 Å². The van der Waals surface area contributed by atoms with Gasteiger partial charge in [0.1, 0.15) is 19.0 Å². The van der Waals surface area contributed by atoms with Crippen LogP contribution >= 0.6 is 12.6 Å². The Labute approximate surface area is 394 Å². The van der Waals surface area contributed by atoms with Crippen molar-refractivity contribution >= 4 is 53.4 Å². The van der Waals surface area contributed by atoms with Crippen LogP contribution in [0.5, 0.6) is 17.2 Å². The van der Waals surface area contributed by atoms with Gasteiger partial charge in [0.05, 0.1) is 44.2 Å². The van der Waals surface area contributed by atoms with Gasteiger partial charge in [0.15, 0.2) is 11.5 Å². The van der Waals surface area contributed by atoms with Gasteiger partial charge < -0.3 is 33.5 Å². The molecule has 4 aliphatic heterocycles. The minimum absolute atomic E-state index is 0.0599. The third kappa shape index (κ3) is 9.68. The van der Waals surface area contributed by atoms with Crippen LogP contribution in [0.1, 0.15) is 87.7 Å². The van der Waals surface area contributed by atoms with E-state index in [0.29, 0.717) is 68.7 Å². The van der Waals surface area contributed by atoms with Gasteiger partial charge in [0.25, 0.3) is 11.8 Å². The van der Waals surface area contributed by atoms with Crippen LogP contribution < -0.4 is 28.9 Å². The van der Waals surface area contributed by atoms with Crippen molar-refractivity contribution in [3.05, 3.63) is 136 Å². The van der Waals surface area contributed by atoms with Crippen molar-refractivity contribution in [2.45, 2.75) is 89.8 Å². The Bertz CT molecular complexity index is 2640. The number of thiol groups is 1. The van der Waals surface area contributed by atoms with E-state index >= 15 is 0 Å². The maximum absolute atomic E-state index is 14.1. The van der Waals surface area contributed by atoms with Crippen molar-refractivity contribution in [3.8, 4) is 17.2 Å². The summed E-state index contributed by atoms with van der Waals surface area (Å²) in [5.41, 5.74) is 10.8. The molecule has 344 valence electrons. The van der Waals surface area contributed by atoms with Crippen molar-refractivity contribution < 1.29 is 33.3 Å². The maximum atomic E-state index is 14.1. The second kappa shape index (κ2) is 19.6. The summed E-state index contributed by atoms with van der Waals surface area (Å²) in [6, 6.07) is 30.3. The van der Waals surface area contributed by atoms with Gasteiger partial charge in [0, 0.05) is 71.8 Å². The molecule has 0 saturated carbocycles.